The van der Waals surface area contributed by atoms with Crippen molar-refractivity contribution >= 4 is 11.6 Å². The van der Waals surface area contributed by atoms with Gasteiger partial charge in [-0.1, -0.05) is 52.0 Å². The van der Waals surface area contributed by atoms with Crippen LogP contribution in [-0.2, 0) is 49.2 Å². The second kappa shape index (κ2) is 26.4. The molecule has 0 unspecified atom stereocenters. The molecule has 1 aromatic carbocycles. The summed E-state index contributed by atoms with van der Waals surface area (Å²) in [5.74, 6) is -0.0814. The molecule has 1 N–H and O–H groups in total. The highest BCUT2D eigenvalue weighted by molar-refractivity contribution is 5.92. The summed E-state index contributed by atoms with van der Waals surface area (Å²) in [6, 6.07) is 7.55. The lowest BCUT2D eigenvalue weighted by Crippen LogP contribution is -2.17. The smallest absolute Gasteiger partial charge is 0.226 e. The number of rotatable bonds is 30. The van der Waals surface area contributed by atoms with E-state index in [0.717, 1.165) is 36.4 Å². The molecule has 48 heavy (non-hydrogen) atoms. The monoisotopic (exact) mass is 680 g/mol. The van der Waals surface area contributed by atoms with Crippen LogP contribution in [0, 0.1) is 11.3 Å². The third-order valence-electron chi connectivity index (χ3n) is 6.80. The molecule has 0 radical (unpaired) electrons. The van der Waals surface area contributed by atoms with E-state index in [4.69, 9.17) is 37.9 Å². The van der Waals surface area contributed by atoms with Gasteiger partial charge in [0.2, 0.25) is 5.91 Å². The van der Waals surface area contributed by atoms with Crippen molar-refractivity contribution in [1.29, 1.82) is 0 Å². The molecule has 0 saturated carbocycles. The highest BCUT2D eigenvalue weighted by Gasteiger charge is 2.10. The first-order valence-corrected chi connectivity index (χ1v) is 17.2. The Labute approximate surface area is 287 Å². The van der Waals surface area contributed by atoms with Gasteiger partial charge in [0, 0.05) is 23.8 Å². The lowest BCUT2D eigenvalue weighted by molar-refractivity contribution is -0.118. The summed E-state index contributed by atoms with van der Waals surface area (Å²) in [5.41, 5.74) is 2.81. The Morgan fingerprint density at radius 3 is 1.50 bits per heavy atom. The number of amides is 1. The van der Waals surface area contributed by atoms with Gasteiger partial charge in [0.25, 0.3) is 0 Å². The predicted molar refractivity (Wildman–Crippen MR) is 184 cm³/mol. The molecule has 0 aliphatic rings. The van der Waals surface area contributed by atoms with E-state index < -0.39 is 0 Å². The lowest BCUT2D eigenvalue weighted by Gasteiger charge is -2.17. The van der Waals surface area contributed by atoms with Crippen LogP contribution in [0.15, 0.2) is 30.5 Å². The van der Waals surface area contributed by atoms with Crippen LogP contribution in [0.2, 0.25) is 0 Å². The molecular formula is C35H60N4O9. The number of anilines is 1. The molecule has 0 bridgehead atoms. The molecule has 0 aliphatic carbocycles. The fourth-order valence-electron chi connectivity index (χ4n) is 4.05. The topological polar surface area (TPSA) is 134 Å². The summed E-state index contributed by atoms with van der Waals surface area (Å²) in [4.78, 5) is 11.8. The van der Waals surface area contributed by atoms with E-state index in [1.54, 1.807) is 4.68 Å². The number of nitrogens with one attached hydrogen (secondary N) is 1. The van der Waals surface area contributed by atoms with Crippen molar-refractivity contribution in [2.45, 2.75) is 54.0 Å². The number of hydrogen-bond donors (Lipinski definition) is 1. The zero-order valence-electron chi connectivity index (χ0n) is 29.9. The van der Waals surface area contributed by atoms with E-state index in [1.807, 2.05) is 44.3 Å². The molecule has 0 aliphatic heterocycles. The van der Waals surface area contributed by atoms with E-state index in [-0.39, 0.29) is 11.8 Å². The van der Waals surface area contributed by atoms with Gasteiger partial charge in [0.05, 0.1) is 112 Å². The number of carbonyl (C=O) groups is 1. The van der Waals surface area contributed by atoms with Gasteiger partial charge in [-0.25, -0.2) is 4.68 Å². The van der Waals surface area contributed by atoms with E-state index in [2.05, 4.69) is 36.4 Å². The molecule has 0 atom stereocenters. The quantitative estimate of drug-likeness (QED) is 0.117. The van der Waals surface area contributed by atoms with Crippen molar-refractivity contribution < 1.29 is 42.7 Å². The van der Waals surface area contributed by atoms with E-state index in [0.29, 0.717) is 111 Å². The molecule has 0 fully saturated rings. The van der Waals surface area contributed by atoms with Crippen LogP contribution in [0.1, 0.15) is 47.5 Å². The number of carbonyl (C=O) groups excluding carboxylic acids is 1. The zero-order chi connectivity index (χ0) is 34.7. The fourth-order valence-corrected chi connectivity index (χ4v) is 4.05. The first-order chi connectivity index (χ1) is 23.2. The second-order valence-electron chi connectivity index (χ2n) is 12.7. The van der Waals surface area contributed by atoms with Crippen molar-refractivity contribution in [3.05, 3.63) is 30.5 Å². The number of aromatic nitrogens is 3. The molecule has 0 saturated heterocycles. The van der Waals surface area contributed by atoms with Crippen molar-refractivity contribution in [2.75, 3.05) is 111 Å². The minimum absolute atomic E-state index is 0.0119. The van der Waals surface area contributed by atoms with Crippen LogP contribution in [0.5, 0.6) is 0 Å². The Balaban J connectivity index is 1.28. The first kappa shape index (κ1) is 41.7. The number of hydrogen-bond acceptors (Lipinski definition) is 11. The van der Waals surface area contributed by atoms with Gasteiger partial charge in [0.15, 0.2) is 0 Å². The summed E-state index contributed by atoms with van der Waals surface area (Å²) >= 11 is 0. The number of nitrogens with zero attached hydrogens (tertiary/aromatic N) is 3. The molecule has 1 heterocycles. The zero-order valence-corrected chi connectivity index (χ0v) is 29.9. The van der Waals surface area contributed by atoms with Gasteiger partial charge in [-0.2, -0.15) is 0 Å². The highest BCUT2D eigenvalue weighted by atomic mass is 16.6. The molecule has 1 aromatic heterocycles. The summed E-state index contributed by atoms with van der Waals surface area (Å²) in [5, 5.41) is 11.3. The first-order valence-electron chi connectivity index (χ1n) is 17.2. The van der Waals surface area contributed by atoms with Crippen LogP contribution in [-0.4, -0.2) is 127 Å². The van der Waals surface area contributed by atoms with Gasteiger partial charge in [-0.05, 0) is 30.4 Å². The molecule has 1 amide bonds. The number of benzene rings is 1. The third-order valence-corrected chi connectivity index (χ3v) is 6.80. The largest absolute Gasteiger partial charge is 0.379 e. The summed E-state index contributed by atoms with van der Waals surface area (Å²) in [6.45, 7) is 19.7. The normalized spacial score (nSPS) is 11.9. The van der Waals surface area contributed by atoms with Gasteiger partial charge in [-0.3, -0.25) is 4.79 Å². The molecular weight excluding hydrogens is 620 g/mol. The molecule has 13 heteroatoms. The van der Waals surface area contributed by atoms with Crippen LogP contribution in [0.25, 0.3) is 11.3 Å². The van der Waals surface area contributed by atoms with Crippen molar-refractivity contribution in [2.24, 2.45) is 11.3 Å². The van der Waals surface area contributed by atoms with Crippen molar-refractivity contribution in [3.8, 4) is 11.3 Å². The Kier molecular flexibility index (Phi) is 22.9. The Bertz CT molecular complexity index is 1060. The predicted octanol–water partition coefficient (Wildman–Crippen LogP) is 4.50. The van der Waals surface area contributed by atoms with E-state index >= 15 is 0 Å². The fraction of sp³-hybridized carbons (Fsp3) is 0.743. The van der Waals surface area contributed by atoms with Crippen molar-refractivity contribution in [3.63, 3.8) is 0 Å². The van der Waals surface area contributed by atoms with E-state index in [1.165, 1.54) is 0 Å². The van der Waals surface area contributed by atoms with E-state index in [9.17, 15) is 4.79 Å². The molecule has 2 rings (SSSR count). The summed E-state index contributed by atoms with van der Waals surface area (Å²) in [7, 11) is 0. The van der Waals surface area contributed by atoms with Gasteiger partial charge in [0.1, 0.15) is 5.69 Å². The molecule has 2 aromatic rings. The summed E-state index contributed by atoms with van der Waals surface area (Å²) in [6.07, 6.45) is 4.12. The molecule has 274 valence electrons. The van der Waals surface area contributed by atoms with Gasteiger partial charge in [-0.15, -0.1) is 5.10 Å². The second-order valence-corrected chi connectivity index (χ2v) is 12.7. The standard InChI is InChI=1S/C35H60N4O9/c1-30(2)34(40)36-32-9-7-31(8-10-32)33-29-39(38-37-33)12-14-42-16-18-44-20-22-46-24-26-48-28-27-47-25-23-45-21-19-43-17-15-41-13-6-11-35(3,4)5/h7-10,29-30H,6,11-28H2,1-5H3,(H,36,40). The minimum Gasteiger partial charge on any atom is -0.379 e. The third kappa shape index (κ3) is 22.2. The average Bonchev–Trinajstić information content (AvgIpc) is 3.53. The SMILES string of the molecule is CC(C)C(=O)Nc1ccc(-c2cn(CCOCCOCCOCCOCCOCCOCCOCCOCCCC(C)(C)C)nn2)cc1. The minimum atomic E-state index is -0.0695. The number of ether oxygens (including phenoxy) is 8. The van der Waals surface area contributed by atoms with Crippen LogP contribution >= 0.6 is 0 Å². The molecule has 0 spiro atoms. The van der Waals surface area contributed by atoms with Crippen LogP contribution < -0.4 is 5.32 Å². The van der Waals surface area contributed by atoms with Gasteiger partial charge < -0.3 is 43.2 Å². The Morgan fingerprint density at radius 1 is 0.667 bits per heavy atom. The maximum atomic E-state index is 11.8. The summed E-state index contributed by atoms with van der Waals surface area (Å²) < 4.78 is 46.0. The van der Waals surface area contributed by atoms with Gasteiger partial charge >= 0.3 is 0 Å². The maximum absolute atomic E-state index is 11.8. The van der Waals surface area contributed by atoms with Crippen molar-refractivity contribution in [1.82, 2.24) is 15.0 Å². The highest BCUT2D eigenvalue weighted by Crippen LogP contribution is 2.20. The molecule has 13 nitrogen and oxygen atoms in total. The Hall–Kier alpha value is -2.49. The lowest BCUT2D eigenvalue weighted by atomic mass is 9.91. The average molecular weight is 681 g/mol. The van der Waals surface area contributed by atoms with Crippen LogP contribution in [0.4, 0.5) is 5.69 Å². The Morgan fingerprint density at radius 2 is 1.08 bits per heavy atom. The maximum Gasteiger partial charge on any atom is 0.226 e. The van der Waals surface area contributed by atoms with Crippen LogP contribution in [0.3, 0.4) is 0 Å².